The molecule has 2 aliphatic rings. The van der Waals surface area contributed by atoms with Crippen LogP contribution in [0.5, 0.6) is 0 Å². The molecule has 1 aromatic heterocycles. The van der Waals surface area contributed by atoms with Crippen molar-refractivity contribution in [2.24, 2.45) is 0 Å². The van der Waals surface area contributed by atoms with Crippen molar-refractivity contribution in [2.45, 2.75) is 44.1 Å². The third kappa shape index (κ3) is 2.35. The number of aromatic nitrogens is 2. The molecule has 0 radical (unpaired) electrons. The van der Waals surface area contributed by atoms with Gasteiger partial charge in [0.05, 0.1) is 0 Å². The van der Waals surface area contributed by atoms with E-state index >= 15 is 0 Å². The molecule has 0 spiro atoms. The minimum absolute atomic E-state index is 0.546. The van der Waals surface area contributed by atoms with Gasteiger partial charge in [0.25, 0.3) is 0 Å². The molecule has 2 heterocycles. The van der Waals surface area contributed by atoms with Gasteiger partial charge in [-0.3, -0.25) is 0 Å². The molecule has 0 bridgehead atoms. The molecule has 1 aliphatic carbocycles. The Labute approximate surface area is 95.0 Å². The van der Waals surface area contributed by atoms with Crippen LogP contribution in [0.4, 0.5) is 6.01 Å². The van der Waals surface area contributed by atoms with E-state index in [0.29, 0.717) is 18.0 Å². The van der Waals surface area contributed by atoms with Crippen LogP contribution in [0.2, 0.25) is 0 Å². The summed E-state index contributed by atoms with van der Waals surface area (Å²) >= 11 is 0. The van der Waals surface area contributed by atoms with Gasteiger partial charge in [0.15, 0.2) is 5.82 Å². The Bertz CT molecular complexity index is 342. The van der Waals surface area contributed by atoms with E-state index in [1.807, 2.05) is 0 Å². The van der Waals surface area contributed by atoms with E-state index in [1.54, 1.807) is 0 Å². The van der Waals surface area contributed by atoms with Crippen molar-refractivity contribution >= 4 is 6.01 Å². The van der Waals surface area contributed by atoms with E-state index in [0.717, 1.165) is 18.9 Å². The van der Waals surface area contributed by atoms with E-state index < -0.39 is 0 Å². The number of hydrogen-bond acceptors (Lipinski definition) is 5. The van der Waals surface area contributed by atoms with Crippen LogP contribution in [0.25, 0.3) is 0 Å². The molecule has 5 heteroatoms. The normalized spacial score (nSPS) is 25.6. The second-order valence-electron chi connectivity index (χ2n) is 4.76. The summed E-state index contributed by atoms with van der Waals surface area (Å²) in [5.74, 6) is 1.44. The summed E-state index contributed by atoms with van der Waals surface area (Å²) in [4.78, 5) is 4.34. The van der Waals surface area contributed by atoms with E-state index in [9.17, 15) is 0 Å². The Balaban J connectivity index is 1.49. The molecule has 1 atom stereocenters. The maximum atomic E-state index is 5.16. The number of nitrogens with zero attached hydrogens (tertiary/aromatic N) is 2. The predicted octanol–water partition coefficient (Wildman–Crippen LogP) is 1.50. The lowest BCUT2D eigenvalue weighted by molar-refractivity contribution is 0.397. The topological polar surface area (TPSA) is 63.0 Å². The number of nitrogens with one attached hydrogen (secondary N) is 2. The minimum atomic E-state index is 0.546. The first-order valence-corrected chi connectivity index (χ1v) is 6.22. The van der Waals surface area contributed by atoms with Crippen LogP contribution in [0, 0.1) is 0 Å². The first-order valence-electron chi connectivity index (χ1n) is 6.22. The van der Waals surface area contributed by atoms with Crippen LogP contribution in [-0.4, -0.2) is 29.3 Å². The zero-order chi connectivity index (χ0) is 10.8. The van der Waals surface area contributed by atoms with Gasteiger partial charge in [-0.15, -0.1) is 0 Å². The van der Waals surface area contributed by atoms with Gasteiger partial charge >= 0.3 is 6.01 Å². The summed E-state index contributed by atoms with van der Waals surface area (Å²) in [5.41, 5.74) is 0. The fourth-order valence-corrected chi connectivity index (χ4v) is 2.12. The summed E-state index contributed by atoms with van der Waals surface area (Å²) in [7, 11) is 0. The molecule has 0 amide bonds. The van der Waals surface area contributed by atoms with Gasteiger partial charge in [0, 0.05) is 18.5 Å². The van der Waals surface area contributed by atoms with Crippen LogP contribution < -0.4 is 10.6 Å². The van der Waals surface area contributed by atoms with E-state index in [2.05, 4.69) is 20.8 Å². The number of rotatable bonds is 4. The highest BCUT2D eigenvalue weighted by atomic mass is 16.5. The quantitative estimate of drug-likeness (QED) is 0.808. The van der Waals surface area contributed by atoms with Gasteiger partial charge < -0.3 is 15.2 Å². The van der Waals surface area contributed by atoms with Crippen LogP contribution >= 0.6 is 0 Å². The van der Waals surface area contributed by atoms with Crippen molar-refractivity contribution in [3.8, 4) is 0 Å². The van der Waals surface area contributed by atoms with Crippen LogP contribution in [0.1, 0.15) is 43.8 Å². The molecule has 1 saturated carbocycles. The Kier molecular flexibility index (Phi) is 2.78. The number of piperidine rings is 1. The summed E-state index contributed by atoms with van der Waals surface area (Å²) in [6, 6.07) is 1.12. The van der Waals surface area contributed by atoms with Gasteiger partial charge in [-0.1, -0.05) is 11.6 Å². The van der Waals surface area contributed by atoms with Gasteiger partial charge in [0.2, 0.25) is 0 Å². The average Bonchev–Trinajstić information content (AvgIpc) is 3.08. The molecule has 88 valence electrons. The summed E-state index contributed by atoms with van der Waals surface area (Å²) in [6.45, 7) is 2.01. The molecular formula is C11H18N4O. The maximum Gasteiger partial charge on any atom is 0.321 e. The smallest absolute Gasteiger partial charge is 0.321 e. The molecule has 16 heavy (non-hydrogen) atoms. The molecule has 1 saturated heterocycles. The molecular weight excluding hydrogens is 204 g/mol. The number of anilines is 1. The van der Waals surface area contributed by atoms with E-state index in [-0.39, 0.29) is 0 Å². The highest BCUT2D eigenvalue weighted by Gasteiger charge is 2.28. The standard InChI is InChI=1S/C11H18N4O/c1-2-6-12-9(3-1)7-13-11-14-10(15-16-11)8-4-5-8/h8-9,12H,1-7H2,(H,13,14,15). The number of hydrogen-bond donors (Lipinski definition) is 2. The fraction of sp³-hybridized carbons (Fsp3) is 0.818. The molecule has 1 aliphatic heterocycles. The third-order valence-corrected chi connectivity index (χ3v) is 3.30. The molecule has 1 aromatic rings. The van der Waals surface area contributed by atoms with Gasteiger partial charge in [0.1, 0.15) is 0 Å². The highest BCUT2D eigenvalue weighted by molar-refractivity contribution is 5.21. The maximum absolute atomic E-state index is 5.16. The molecule has 5 nitrogen and oxygen atoms in total. The zero-order valence-corrected chi connectivity index (χ0v) is 9.41. The third-order valence-electron chi connectivity index (χ3n) is 3.30. The van der Waals surface area contributed by atoms with Crippen molar-refractivity contribution < 1.29 is 4.52 Å². The molecule has 2 fully saturated rings. The Morgan fingerprint density at radius 1 is 1.31 bits per heavy atom. The lowest BCUT2D eigenvalue weighted by Gasteiger charge is -2.22. The van der Waals surface area contributed by atoms with E-state index in [1.165, 1.54) is 32.1 Å². The van der Waals surface area contributed by atoms with Crippen LogP contribution in [-0.2, 0) is 0 Å². The first-order chi connectivity index (χ1) is 7.92. The first kappa shape index (κ1) is 10.1. The summed E-state index contributed by atoms with van der Waals surface area (Å²) in [6.07, 6.45) is 6.27. The second-order valence-corrected chi connectivity index (χ2v) is 4.76. The summed E-state index contributed by atoms with van der Waals surface area (Å²) < 4.78 is 5.16. The zero-order valence-electron chi connectivity index (χ0n) is 9.41. The summed E-state index contributed by atoms with van der Waals surface area (Å²) in [5, 5.41) is 10.7. The minimum Gasteiger partial charge on any atom is -0.336 e. The largest absolute Gasteiger partial charge is 0.336 e. The second kappa shape index (κ2) is 4.41. The predicted molar refractivity (Wildman–Crippen MR) is 60.4 cm³/mol. The molecule has 1 unspecified atom stereocenters. The Morgan fingerprint density at radius 2 is 2.25 bits per heavy atom. The Hall–Kier alpha value is -1.10. The van der Waals surface area contributed by atoms with Crippen molar-refractivity contribution in [2.75, 3.05) is 18.4 Å². The fourth-order valence-electron chi connectivity index (χ4n) is 2.12. The van der Waals surface area contributed by atoms with E-state index in [4.69, 9.17) is 4.52 Å². The lowest BCUT2D eigenvalue weighted by atomic mass is 10.1. The van der Waals surface area contributed by atoms with Crippen molar-refractivity contribution in [3.05, 3.63) is 5.82 Å². The van der Waals surface area contributed by atoms with Gasteiger partial charge in [-0.25, -0.2) is 0 Å². The molecule has 2 N–H and O–H groups in total. The van der Waals surface area contributed by atoms with Crippen LogP contribution in [0.3, 0.4) is 0 Å². The van der Waals surface area contributed by atoms with Crippen molar-refractivity contribution in [1.29, 1.82) is 0 Å². The molecule has 0 aromatic carbocycles. The average molecular weight is 222 g/mol. The van der Waals surface area contributed by atoms with Crippen molar-refractivity contribution in [3.63, 3.8) is 0 Å². The van der Waals surface area contributed by atoms with Gasteiger partial charge in [-0.2, -0.15) is 4.98 Å². The SMILES string of the molecule is C1CCC(CNc2nc(C3CC3)no2)NC1. The highest BCUT2D eigenvalue weighted by Crippen LogP contribution is 2.38. The Morgan fingerprint density at radius 3 is 3.00 bits per heavy atom. The molecule has 3 rings (SSSR count). The van der Waals surface area contributed by atoms with Gasteiger partial charge in [-0.05, 0) is 32.2 Å². The van der Waals surface area contributed by atoms with Crippen LogP contribution in [0.15, 0.2) is 4.52 Å². The lowest BCUT2D eigenvalue weighted by Crippen LogP contribution is -2.39. The monoisotopic (exact) mass is 222 g/mol. The van der Waals surface area contributed by atoms with Crippen molar-refractivity contribution in [1.82, 2.24) is 15.5 Å².